The van der Waals surface area contributed by atoms with Gasteiger partial charge >= 0.3 is 0 Å². The van der Waals surface area contributed by atoms with Gasteiger partial charge in [-0.05, 0) is 18.6 Å². The van der Waals surface area contributed by atoms with Crippen LogP contribution in [0.4, 0.5) is 0 Å². The average Bonchev–Trinajstić information content (AvgIpc) is 2.51. The van der Waals surface area contributed by atoms with E-state index in [1.54, 1.807) is 0 Å². The van der Waals surface area contributed by atoms with Gasteiger partial charge in [0, 0.05) is 30.3 Å². The molecule has 0 saturated heterocycles. The minimum atomic E-state index is -0.405. The molecule has 0 aliphatic heterocycles. The summed E-state index contributed by atoms with van der Waals surface area (Å²) in [5.74, 6) is 1.01. The second-order valence-corrected chi connectivity index (χ2v) is 6.32. The lowest BCUT2D eigenvalue weighted by molar-refractivity contribution is 0.0358. The monoisotopic (exact) mass is 311 g/mol. The predicted octanol–water partition coefficient (Wildman–Crippen LogP) is 3.33. The van der Waals surface area contributed by atoms with Crippen molar-refractivity contribution in [3.05, 3.63) is 30.3 Å². The number of unbranched alkanes of at least 4 members (excludes halogenated alkanes) is 3. The number of benzene rings is 1. The van der Waals surface area contributed by atoms with E-state index in [-0.39, 0.29) is 0 Å². The molecule has 1 aromatic carbocycles. The van der Waals surface area contributed by atoms with Crippen LogP contribution in [0.1, 0.15) is 32.6 Å². The van der Waals surface area contributed by atoms with Crippen molar-refractivity contribution < 1.29 is 9.84 Å². The van der Waals surface area contributed by atoms with Crippen LogP contribution in [0.2, 0.25) is 0 Å². The van der Waals surface area contributed by atoms with Gasteiger partial charge in [0.2, 0.25) is 0 Å². The molecular formula is C17H29NO2S. The molecule has 2 N–H and O–H groups in total. The lowest BCUT2D eigenvalue weighted by Gasteiger charge is -2.12. The van der Waals surface area contributed by atoms with E-state index in [2.05, 4.69) is 36.5 Å². The first-order chi connectivity index (χ1) is 10.3. The number of ether oxygens (including phenoxy) is 1. The Hall–Kier alpha value is -0.550. The molecule has 0 aromatic heterocycles. The number of thioether (sulfide) groups is 1. The zero-order valence-electron chi connectivity index (χ0n) is 13.1. The van der Waals surface area contributed by atoms with E-state index >= 15 is 0 Å². The number of nitrogens with one attached hydrogen (secondary N) is 1. The predicted molar refractivity (Wildman–Crippen MR) is 91.0 cm³/mol. The fourth-order valence-corrected chi connectivity index (χ4v) is 2.77. The first-order valence-corrected chi connectivity index (χ1v) is 8.96. The van der Waals surface area contributed by atoms with Crippen LogP contribution < -0.4 is 5.32 Å². The van der Waals surface area contributed by atoms with Crippen molar-refractivity contribution in [1.29, 1.82) is 0 Å². The Balaban J connectivity index is 1.88. The molecule has 0 amide bonds. The van der Waals surface area contributed by atoms with Gasteiger partial charge < -0.3 is 15.2 Å². The van der Waals surface area contributed by atoms with Gasteiger partial charge in [0.05, 0.1) is 12.7 Å². The Morgan fingerprint density at radius 2 is 2.00 bits per heavy atom. The van der Waals surface area contributed by atoms with Crippen molar-refractivity contribution in [2.75, 3.05) is 32.1 Å². The van der Waals surface area contributed by atoms with Gasteiger partial charge in [-0.25, -0.2) is 0 Å². The van der Waals surface area contributed by atoms with Crippen LogP contribution in [0.5, 0.6) is 0 Å². The SMILES string of the molecule is CCCCCCOCC(O)CNCCSc1ccccc1. The van der Waals surface area contributed by atoms with Gasteiger partial charge in [0.25, 0.3) is 0 Å². The molecule has 1 atom stereocenters. The third-order valence-electron chi connectivity index (χ3n) is 3.12. The molecule has 120 valence electrons. The van der Waals surface area contributed by atoms with Crippen molar-refractivity contribution in [2.45, 2.75) is 43.6 Å². The van der Waals surface area contributed by atoms with Crippen LogP contribution in [0.25, 0.3) is 0 Å². The summed E-state index contributed by atoms with van der Waals surface area (Å²) in [6.07, 6.45) is 4.43. The minimum absolute atomic E-state index is 0.405. The number of aliphatic hydroxyl groups is 1. The Morgan fingerprint density at radius 3 is 2.76 bits per heavy atom. The van der Waals surface area contributed by atoms with Crippen LogP contribution in [0.15, 0.2) is 35.2 Å². The third-order valence-corrected chi connectivity index (χ3v) is 4.14. The maximum atomic E-state index is 9.77. The minimum Gasteiger partial charge on any atom is -0.389 e. The van der Waals surface area contributed by atoms with E-state index in [1.165, 1.54) is 24.2 Å². The number of hydrogen-bond acceptors (Lipinski definition) is 4. The van der Waals surface area contributed by atoms with Crippen LogP contribution >= 0.6 is 11.8 Å². The van der Waals surface area contributed by atoms with E-state index in [0.29, 0.717) is 13.2 Å². The Morgan fingerprint density at radius 1 is 1.19 bits per heavy atom. The molecule has 0 bridgehead atoms. The summed E-state index contributed by atoms with van der Waals surface area (Å²) >= 11 is 1.83. The van der Waals surface area contributed by atoms with Gasteiger partial charge in [-0.2, -0.15) is 0 Å². The number of rotatable bonds is 13. The molecule has 0 spiro atoms. The molecule has 0 fully saturated rings. The first kappa shape index (κ1) is 18.5. The second kappa shape index (κ2) is 13.1. The molecule has 0 aliphatic rings. The molecule has 4 heteroatoms. The summed E-state index contributed by atoms with van der Waals surface area (Å²) in [6, 6.07) is 10.4. The topological polar surface area (TPSA) is 41.5 Å². The first-order valence-electron chi connectivity index (χ1n) is 7.97. The highest BCUT2D eigenvalue weighted by Gasteiger charge is 2.03. The van der Waals surface area contributed by atoms with Crippen molar-refractivity contribution >= 4 is 11.8 Å². The zero-order chi connectivity index (χ0) is 15.2. The van der Waals surface area contributed by atoms with Crippen LogP contribution in [-0.2, 0) is 4.74 Å². The highest BCUT2D eigenvalue weighted by molar-refractivity contribution is 7.99. The molecule has 1 unspecified atom stereocenters. The van der Waals surface area contributed by atoms with E-state index in [4.69, 9.17) is 4.74 Å². The molecule has 0 saturated carbocycles. The van der Waals surface area contributed by atoms with Crippen LogP contribution in [0, 0.1) is 0 Å². The summed E-state index contributed by atoms with van der Waals surface area (Å²) in [6.45, 7) is 4.90. The summed E-state index contributed by atoms with van der Waals surface area (Å²) in [4.78, 5) is 1.29. The van der Waals surface area contributed by atoms with Gasteiger partial charge in [-0.3, -0.25) is 0 Å². The molecule has 0 radical (unpaired) electrons. The lowest BCUT2D eigenvalue weighted by atomic mass is 10.2. The largest absolute Gasteiger partial charge is 0.389 e. The standard InChI is InChI=1S/C17H29NO2S/c1-2-3-4-8-12-20-15-16(19)14-18-11-13-21-17-9-6-5-7-10-17/h5-7,9-10,16,18-19H,2-4,8,11-15H2,1H3. The van der Waals surface area contributed by atoms with Gasteiger partial charge in [-0.1, -0.05) is 44.4 Å². The second-order valence-electron chi connectivity index (χ2n) is 5.16. The summed E-state index contributed by atoms with van der Waals surface area (Å²) in [5.41, 5.74) is 0. The molecular weight excluding hydrogens is 282 g/mol. The summed E-state index contributed by atoms with van der Waals surface area (Å²) < 4.78 is 5.47. The highest BCUT2D eigenvalue weighted by Crippen LogP contribution is 2.15. The zero-order valence-corrected chi connectivity index (χ0v) is 13.9. The van der Waals surface area contributed by atoms with Crippen molar-refractivity contribution in [3.63, 3.8) is 0 Å². The maximum absolute atomic E-state index is 9.77. The van der Waals surface area contributed by atoms with Crippen molar-refractivity contribution in [2.24, 2.45) is 0 Å². The number of aliphatic hydroxyl groups excluding tert-OH is 1. The molecule has 1 rings (SSSR count). The van der Waals surface area contributed by atoms with Crippen LogP contribution in [0.3, 0.4) is 0 Å². The molecule has 0 heterocycles. The molecule has 0 aliphatic carbocycles. The molecule has 21 heavy (non-hydrogen) atoms. The van der Waals surface area contributed by atoms with Crippen molar-refractivity contribution in [3.8, 4) is 0 Å². The van der Waals surface area contributed by atoms with Gasteiger partial charge in [0.1, 0.15) is 0 Å². The van der Waals surface area contributed by atoms with E-state index in [9.17, 15) is 5.11 Å². The fraction of sp³-hybridized carbons (Fsp3) is 0.647. The fourth-order valence-electron chi connectivity index (χ4n) is 1.94. The third kappa shape index (κ3) is 10.8. The Bertz CT molecular complexity index is 335. The molecule has 3 nitrogen and oxygen atoms in total. The van der Waals surface area contributed by atoms with E-state index < -0.39 is 6.10 Å². The summed E-state index contributed by atoms with van der Waals surface area (Å²) in [7, 11) is 0. The normalized spacial score (nSPS) is 12.5. The molecule has 1 aromatic rings. The van der Waals surface area contributed by atoms with E-state index in [0.717, 1.165) is 25.3 Å². The number of hydrogen-bond donors (Lipinski definition) is 2. The summed E-state index contributed by atoms with van der Waals surface area (Å²) in [5, 5.41) is 13.0. The Kier molecular flexibility index (Phi) is 11.6. The lowest BCUT2D eigenvalue weighted by Crippen LogP contribution is -2.31. The Labute approximate surface area is 133 Å². The van der Waals surface area contributed by atoms with E-state index in [1.807, 2.05) is 17.8 Å². The highest BCUT2D eigenvalue weighted by atomic mass is 32.2. The quantitative estimate of drug-likeness (QED) is 0.433. The van der Waals surface area contributed by atoms with Crippen LogP contribution in [-0.4, -0.2) is 43.3 Å². The maximum Gasteiger partial charge on any atom is 0.0897 e. The smallest absolute Gasteiger partial charge is 0.0897 e. The van der Waals surface area contributed by atoms with Crippen molar-refractivity contribution in [1.82, 2.24) is 5.32 Å². The van der Waals surface area contributed by atoms with Gasteiger partial charge in [0.15, 0.2) is 0 Å². The average molecular weight is 311 g/mol. The van der Waals surface area contributed by atoms with Gasteiger partial charge in [-0.15, -0.1) is 11.8 Å².